The van der Waals surface area contributed by atoms with E-state index in [2.05, 4.69) is 15.5 Å². The van der Waals surface area contributed by atoms with Crippen molar-refractivity contribution in [3.8, 4) is 11.8 Å². The first-order chi connectivity index (χ1) is 14.3. The first-order valence-electron chi connectivity index (χ1n) is 9.32. The predicted molar refractivity (Wildman–Crippen MR) is 110 cm³/mol. The molecule has 8 heteroatoms. The Labute approximate surface area is 174 Å². The van der Waals surface area contributed by atoms with E-state index in [1.165, 1.54) is 11.7 Å². The first-order valence-corrected chi connectivity index (χ1v) is 9.32. The van der Waals surface area contributed by atoms with Gasteiger partial charge in [-0.15, -0.1) is 5.10 Å². The Kier molecular flexibility index (Phi) is 5.93. The maximum absolute atomic E-state index is 12.6. The van der Waals surface area contributed by atoms with Crippen molar-refractivity contribution in [1.29, 1.82) is 5.26 Å². The largest absolute Gasteiger partial charge is 0.448 e. The summed E-state index contributed by atoms with van der Waals surface area (Å²) in [6, 6.07) is 14.4. The molecule has 0 aliphatic carbocycles. The van der Waals surface area contributed by atoms with Gasteiger partial charge >= 0.3 is 5.97 Å². The van der Waals surface area contributed by atoms with Crippen molar-refractivity contribution >= 4 is 17.6 Å². The van der Waals surface area contributed by atoms with Crippen LogP contribution >= 0.6 is 0 Å². The summed E-state index contributed by atoms with van der Waals surface area (Å²) in [4.78, 5) is 26.3. The minimum Gasteiger partial charge on any atom is -0.448 e. The molecule has 1 amide bonds. The Hall–Kier alpha value is -3.99. The van der Waals surface area contributed by atoms with Crippen molar-refractivity contribution in [2.75, 3.05) is 5.32 Å². The fourth-order valence-electron chi connectivity index (χ4n) is 2.90. The Bertz CT molecular complexity index is 1160. The number of hydrogen-bond acceptors (Lipinski definition) is 6. The molecular weight excluding hydrogens is 382 g/mol. The lowest BCUT2D eigenvalue weighted by molar-refractivity contribution is -0.123. The summed E-state index contributed by atoms with van der Waals surface area (Å²) in [5.74, 6) is -1.30. The molecule has 0 bridgehead atoms. The molecule has 1 heterocycles. The molecule has 3 aromatic rings. The fourth-order valence-corrected chi connectivity index (χ4v) is 2.90. The number of nitrogens with zero attached hydrogens (tertiary/aromatic N) is 4. The average molecular weight is 403 g/mol. The van der Waals surface area contributed by atoms with Crippen molar-refractivity contribution in [2.45, 2.75) is 33.8 Å². The summed E-state index contributed by atoms with van der Waals surface area (Å²) < 4.78 is 5.27. The van der Waals surface area contributed by atoms with E-state index in [1.807, 2.05) is 38.1 Å². The van der Waals surface area contributed by atoms with Gasteiger partial charge in [0.2, 0.25) is 0 Å². The molecule has 0 aliphatic heterocycles. The van der Waals surface area contributed by atoms with Gasteiger partial charge in [0.05, 0.1) is 22.6 Å². The summed E-state index contributed by atoms with van der Waals surface area (Å²) in [7, 11) is 0. The molecule has 0 unspecified atom stereocenters. The zero-order valence-electron chi connectivity index (χ0n) is 17.1. The van der Waals surface area contributed by atoms with Crippen molar-refractivity contribution in [1.82, 2.24) is 15.0 Å². The zero-order valence-corrected chi connectivity index (χ0v) is 17.1. The highest BCUT2D eigenvalue weighted by atomic mass is 16.5. The van der Waals surface area contributed by atoms with Gasteiger partial charge in [-0.25, -0.2) is 4.79 Å². The van der Waals surface area contributed by atoms with E-state index < -0.39 is 18.0 Å². The number of nitriles is 1. The van der Waals surface area contributed by atoms with E-state index in [0.29, 0.717) is 16.9 Å². The van der Waals surface area contributed by atoms with Gasteiger partial charge in [0, 0.05) is 0 Å². The van der Waals surface area contributed by atoms with E-state index in [1.54, 1.807) is 31.2 Å². The highest BCUT2D eigenvalue weighted by Gasteiger charge is 2.24. The van der Waals surface area contributed by atoms with Crippen LogP contribution in [0.4, 0.5) is 5.69 Å². The molecule has 0 spiro atoms. The number of aryl methyl sites for hydroxylation is 3. The summed E-state index contributed by atoms with van der Waals surface area (Å²) in [6.07, 6.45) is -1.09. The maximum Gasteiger partial charge on any atom is 0.361 e. The van der Waals surface area contributed by atoms with Gasteiger partial charge in [0.1, 0.15) is 6.07 Å². The molecule has 3 rings (SSSR count). The second-order valence-corrected chi connectivity index (χ2v) is 6.91. The number of esters is 1. The molecule has 0 fully saturated rings. The number of anilines is 1. The van der Waals surface area contributed by atoms with E-state index in [-0.39, 0.29) is 5.69 Å². The normalized spacial score (nSPS) is 11.4. The number of amides is 1. The van der Waals surface area contributed by atoms with Crippen molar-refractivity contribution in [3.05, 3.63) is 70.5 Å². The van der Waals surface area contributed by atoms with Crippen LogP contribution in [0, 0.1) is 32.1 Å². The summed E-state index contributed by atoms with van der Waals surface area (Å²) >= 11 is 0. The monoisotopic (exact) mass is 403 g/mol. The highest BCUT2D eigenvalue weighted by Crippen LogP contribution is 2.17. The van der Waals surface area contributed by atoms with E-state index in [0.717, 1.165) is 16.8 Å². The van der Waals surface area contributed by atoms with Crippen molar-refractivity contribution in [2.24, 2.45) is 0 Å². The molecule has 2 aromatic carbocycles. The molecule has 8 nitrogen and oxygen atoms in total. The van der Waals surface area contributed by atoms with Crippen LogP contribution in [0.2, 0.25) is 0 Å². The summed E-state index contributed by atoms with van der Waals surface area (Å²) in [5, 5.41) is 20.3. The van der Waals surface area contributed by atoms with Gasteiger partial charge in [0.25, 0.3) is 5.91 Å². The minimum atomic E-state index is -1.09. The molecule has 0 saturated heterocycles. The van der Waals surface area contributed by atoms with Crippen LogP contribution in [0.5, 0.6) is 0 Å². The lowest BCUT2D eigenvalue weighted by Crippen LogP contribution is -2.30. The average Bonchev–Trinajstić information content (AvgIpc) is 3.09. The maximum atomic E-state index is 12.6. The number of aromatic nitrogens is 3. The second kappa shape index (κ2) is 8.57. The van der Waals surface area contributed by atoms with Crippen LogP contribution in [-0.4, -0.2) is 33.0 Å². The van der Waals surface area contributed by atoms with Crippen molar-refractivity contribution in [3.63, 3.8) is 0 Å². The van der Waals surface area contributed by atoms with Crippen LogP contribution in [0.15, 0.2) is 42.5 Å². The molecule has 0 saturated carbocycles. The Morgan fingerprint density at radius 2 is 1.87 bits per heavy atom. The van der Waals surface area contributed by atoms with Crippen molar-refractivity contribution < 1.29 is 14.3 Å². The van der Waals surface area contributed by atoms with Crippen LogP contribution in [0.1, 0.15) is 39.8 Å². The topological polar surface area (TPSA) is 110 Å². The number of ether oxygens (including phenoxy) is 1. The number of carbonyl (C=O) groups excluding carboxylic acids is 2. The number of carbonyl (C=O) groups is 2. The molecule has 1 aromatic heterocycles. The van der Waals surface area contributed by atoms with E-state index in [4.69, 9.17) is 10.00 Å². The predicted octanol–water partition coefficient (Wildman–Crippen LogP) is 3.25. The number of nitrogens with one attached hydrogen (secondary N) is 1. The Morgan fingerprint density at radius 1 is 1.13 bits per heavy atom. The number of benzene rings is 2. The van der Waals surface area contributed by atoms with Crippen LogP contribution in [-0.2, 0) is 9.53 Å². The third-order valence-electron chi connectivity index (χ3n) is 4.50. The lowest BCUT2D eigenvalue weighted by Gasteiger charge is -2.13. The van der Waals surface area contributed by atoms with Gasteiger partial charge in [-0.2, -0.15) is 15.2 Å². The number of rotatable bonds is 5. The van der Waals surface area contributed by atoms with Gasteiger partial charge in [-0.1, -0.05) is 29.8 Å². The number of para-hydroxylation sites is 1. The SMILES string of the molecule is Cc1ccc(-n2nc(C)c(C(=O)O[C@@H](C)C(=O)Nc3ccccc3C#N)n2)c(C)c1. The smallest absolute Gasteiger partial charge is 0.361 e. The van der Waals surface area contributed by atoms with Crippen LogP contribution in [0.3, 0.4) is 0 Å². The standard InChI is InChI=1S/C22H21N5O3/c1-13-9-10-19(14(2)11-13)27-25-15(3)20(26-27)22(29)30-16(4)21(28)24-18-8-6-5-7-17(18)12-23/h5-11,16H,1-4H3,(H,24,28)/t16-/m0/s1. The summed E-state index contributed by atoms with van der Waals surface area (Å²) in [6.45, 7) is 7.02. The fraction of sp³-hybridized carbons (Fsp3) is 0.227. The number of hydrogen-bond donors (Lipinski definition) is 1. The molecule has 152 valence electrons. The zero-order chi connectivity index (χ0) is 21.8. The molecular formula is C22H21N5O3. The molecule has 0 aliphatic rings. The Balaban J connectivity index is 1.73. The van der Waals surface area contributed by atoms with Crippen LogP contribution < -0.4 is 5.32 Å². The molecule has 0 radical (unpaired) electrons. The minimum absolute atomic E-state index is 0.0343. The van der Waals surface area contributed by atoms with Gasteiger partial charge < -0.3 is 10.1 Å². The first kappa shape index (κ1) is 20.7. The van der Waals surface area contributed by atoms with Gasteiger partial charge in [-0.3, -0.25) is 4.79 Å². The third kappa shape index (κ3) is 4.36. The molecule has 1 N–H and O–H groups in total. The second-order valence-electron chi connectivity index (χ2n) is 6.91. The quantitative estimate of drug-likeness (QED) is 0.655. The van der Waals surface area contributed by atoms with Crippen LogP contribution in [0.25, 0.3) is 5.69 Å². The Morgan fingerprint density at radius 3 is 2.57 bits per heavy atom. The summed E-state index contributed by atoms with van der Waals surface area (Å²) in [5.41, 5.74) is 3.92. The highest BCUT2D eigenvalue weighted by molar-refractivity contribution is 5.97. The van der Waals surface area contributed by atoms with Gasteiger partial charge in [-0.05, 0) is 51.5 Å². The van der Waals surface area contributed by atoms with Gasteiger partial charge in [0.15, 0.2) is 11.8 Å². The molecule has 1 atom stereocenters. The van der Waals surface area contributed by atoms with E-state index in [9.17, 15) is 9.59 Å². The lowest BCUT2D eigenvalue weighted by atomic mass is 10.1. The third-order valence-corrected chi connectivity index (χ3v) is 4.50. The van der Waals surface area contributed by atoms with E-state index >= 15 is 0 Å². The molecule has 30 heavy (non-hydrogen) atoms.